The maximum absolute atomic E-state index is 11.4. The van der Waals surface area contributed by atoms with Crippen molar-refractivity contribution in [2.75, 3.05) is 7.11 Å². The Bertz CT molecular complexity index is 732. The summed E-state index contributed by atoms with van der Waals surface area (Å²) in [4.78, 5) is 26.2. The van der Waals surface area contributed by atoms with E-state index in [9.17, 15) is 14.7 Å². The molecule has 0 saturated carbocycles. The number of rotatable bonds is 3. The molecule has 1 aromatic heterocycles. The van der Waals surface area contributed by atoms with Gasteiger partial charge in [0, 0.05) is 0 Å². The van der Waals surface area contributed by atoms with Crippen molar-refractivity contribution in [3.63, 3.8) is 0 Å². The molecule has 3 N–H and O–H groups in total. The van der Waals surface area contributed by atoms with Crippen LogP contribution in [0.4, 0.5) is 11.4 Å². The molecule has 0 saturated heterocycles. The van der Waals surface area contributed by atoms with Crippen molar-refractivity contribution in [3.05, 3.63) is 45.1 Å². The first-order valence-electron chi connectivity index (χ1n) is 5.22. The Morgan fingerprint density at radius 1 is 1.16 bits per heavy atom. The Morgan fingerprint density at radius 2 is 1.89 bits per heavy atom. The van der Waals surface area contributed by atoms with Crippen LogP contribution in [0.1, 0.15) is 0 Å². The lowest BCUT2D eigenvalue weighted by molar-refractivity contribution is 0.415. The number of H-pyrrole nitrogens is 2. The van der Waals surface area contributed by atoms with Gasteiger partial charge in [0.15, 0.2) is 0 Å². The molecular formula is C11H10N4O4. The fourth-order valence-corrected chi connectivity index (χ4v) is 1.38. The highest BCUT2D eigenvalue weighted by molar-refractivity contribution is 5.52. The van der Waals surface area contributed by atoms with E-state index >= 15 is 0 Å². The van der Waals surface area contributed by atoms with Crippen molar-refractivity contribution in [2.45, 2.75) is 0 Å². The summed E-state index contributed by atoms with van der Waals surface area (Å²) in [6, 6.07) is 6.76. The first-order chi connectivity index (χ1) is 9.11. The van der Waals surface area contributed by atoms with Crippen molar-refractivity contribution < 1.29 is 9.84 Å². The SMILES string of the molecule is COc1ccccc1N=Nc1c(O)[nH]c(=O)[nH]c1=O. The van der Waals surface area contributed by atoms with Gasteiger partial charge >= 0.3 is 5.69 Å². The number of hydrogen-bond acceptors (Lipinski definition) is 6. The highest BCUT2D eigenvalue weighted by Crippen LogP contribution is 2.28. The van der Waals surface area contributed by atoms with Crippen molar-refractivity contribution in [2.24, 2.45) is 10.2 Å². The van der Waals surface area contributed by atoms with Crippen LogP contribution in [0.25, 0.3) is 0 Å². The van der Waals surface area contributed by atoms with Crippen LogP contribution in [0, 0.1) is 0 Å². The summed E-state index contributed by atoms with van der Waals surface area (Å²) >= 11 is 0. The van der Waals surface area contributed by atoms with Crippen LogP contribution in [0.5, 0.6) is 11.6 Å². The minimum Gasteiger partial charge on any atom is -0.494 e. The molecule has 2 rings (SSSR count). The second-order valence-electron chi connectivity index (χ2n) is 3.48. The van der Waals surface area contributed by atoms with E-state index in [0.717, 1.165) is 0 Å². The van der Waals surface area contributed by atoms with Crippen LogP contribution < -0.4 is 16.0 Å². The molecule has 0 spiro atoms. The quantitative estimate of drug-likeness (QED) is 0.719. The molecular weight excluding hydrogens is 252 g/mol. The number of azo groups is 1. The molecule has 0 bridgehead atoms. The lowest BCUT2D eigenvalue weighted by Crippen LogP contribution is -2.20. The van der Waals surface area contributed by atoms with Gasteiger partial charge in [-0.1, -0.05) is 12.1 Å². The van der Waals surface area contributed by atoms with E-state index in [1.165, 1.54) is 7.11 Å². The molecule has 0 aliphatic carbocycles. The number of aromatic hydroxyl groups is 1. The highest BCUT2D eigenvalue weighted by atomic mass is 16.5. The molecule has 0 unspecified atom stereocenters. The average Bonchev–Trinajstić information content (AvgIpc) is 2.38. The Kier molecular flexibility index (Phi) is 3.42. The summed E-state index contributed by atoms with van der Waals surface area (Å²) in [6.07, 6.45) is 0. The zero-order valence-electron chi connectivity index (χ0n) is 9.88. The monoisotopic (exact) mass is 262 g/mol. The summed E-state index contributed by atoms with van der Waals surface area (Å²) in [7, 11) is 1.47. The zero-order chi connectivity index (χ0) is 13.8. The van der Waals surface area contributed by atoms with Crippen LogP contribution >= 0.6 is 0 Å². The van der Waals surface area contributed by atoms with Crippen LogP contribution in [-0.2, 0) is 0 Å². The number of hydrogen-bond donors (Lipinski definition) is 3. The van der Waals surface area contributed by atoms with E-state index in [1.807, 2.05) is 9.97 Å². The third-order valence-corrected chi connectivity index (χ3v) is 2.24. The number of methoxy groups -OCH3 is 1. The Labute approximate surface area is 106 Å². The van der Waals surface area contributed by atoms with Gasteiger partial charge in [0.1, 0.15) is 11.4 Å². The van der Waals surface area contributed by atoms with E-state index in [-0.39, 0.29) is 5.69 Å². The lowest BCUT2D eigenvalue weighted by Gasteiger charge is -2.01. The van der Waals surface area contributed by atoms with Gasteiger partial charge in [-0.2, -0.15) is 0 Å². The predicted octanol–water partition coefficient (Wildman–Crippen LogP) is 1.19. The number of aromatic amines is 2. The number of nitrogens with zero attached hydrogens (tertiary/aromatic N) is 2. The van der Waals surface area contributed by atoms with E-state index < -0.39 is 17.1 Å². The van der Waals surface area contributed by atoms with Crippen molar-refractivity contribution in [1.29, 1.82) is 0 Å². The average molecular weight is 262 g/mol. The Balaban J connectivity index is 2.44. The standard InChI is InChI=1S/C11H10N4O4/c1-19-7-5-3-2-4-6(7)14-15-8-9(16)12-11(18)13-10(8)17/h2-5H,1H3,(H3,12,13,16,17,18). The second kappa shape index (κ2) is 5.17. The van der Waals surface area contributed by atoms with Gasteiger partial charge in [-0.3, -0.25) is 14.8 Å². The Hall–Kier alpha value is -2.90. The number of ether oxygens (including phenoxy) is 1. The van der Waals surface area contributed by atoms with Gasteiger partial charge in [-0.15, -0.1) is 10.2 Å². The van der Waals surface area contributed by atoms with E-state index in [0.29, 0.717) is 11.4 Å². The molecule has 98 valence electrons. The summed E-state index contributed by atoms with van der Waals surface area (Å²) in [5.74, 6) is -0.181. The fraction of sp³-hybridized carbons (Fsp3) is 0.0909. The minimum atomic E-state index is -0.833. The van der Waals surface area contributed by atoms with E-state index in [2.05, 4.69) is 10.2 Å². The predicted molar refractivity (Wildman–Crippen MR) is 66.5 cm³/mol. The van der Waals surface area contributed by atoms with Crippen LogP contribution in [0.15, 0.2) is 44.1 Å². The number of benzene rings is 1. The van der Waals surface area contributed by atoms with Gasteiger partial charge in [0.05, 0.1) is 7.11 Å². The number of nitrogens with one attached hydrogen (secondary N) is 2. The minimum absolute atomic E-state index is 0.384. The zero-order valence-corrected chi connectivity index (χ0v) is 9.88. The lowest BCUT2D eigenvalue weighted by atomic mass is 10.3. The van der Waals surface area contributed by atoms with Crippen LogP contribution in [0.2, 0.25) is 0 Å². The third-order valence-electron chi connectivity index (χ3n) is 2.24. The molecule has 1 heterocycles. The third kappa shape index (κ3) is 2.68. The maximum Gasteiger partial charge on any atom is 0.328 e. The first-order valence-corrected chi connectivity index (χ1v) is 5.22. The first kappa shape index (κ1) is 12.6. The summed E-state index contributed by atoms with van der Waals surface area (Å²) in [5, 5.41) is 16.8. The molecule has 2 aromatic rings. The summed E-state index contributed by atoms with van der Waals surface area (Å²) < 4.78 is 5.05. The molecule has 0 aliphatic heterocycles. The normalized spacial score (nSPS) is 10.8. The fourth-order valence-electron chi connectivity index (χ4n) is 1.38. The van der Waals surface area contributed by atoms with E-state index in [1.54, 1.807) is 24.3 Å². The smallest absolute Gasteiger partial charge is 0.328 e. The molecule has 0 atom stereocenters. The second-order valence-corrected chi connectivity index (χ2v) is 3.48. The topological polar surface area (TPSA) is 120 Å². The van der Waals surface area contributed by atoms with Gasteiger partial charge in [0.25, 0.3) is 5.56 Å². The molecule has 8 nitrogen and oxygen atoms in total. The summed E-state index contributed by atoms with van der Waals surface area (Å²) in [5.41, 5.74) is -1.65. The molecule has 0 fully saturated rings. The van der Waals surface area contributed by atoms with Crippen molar-refractivity contribution in [1.82, 2.24) is 9.97 Å². The van der Waals surface area contributed by atoms with Gasteiger partial charge in [-0.05, 0) is 12.1 Å². The molecule has 0 amide bonds. The van der Waals surface area contributed by atoms with Crippen molar-refractivity contribution >= 4 is 11.4 Å². The molecule has 8 heteroatoms. The van der Waals surface area contributed by atoms with E-state index in [4.69, 9.17) is 4.74 Å². The number of para-hydroxylation sites is 1. The largest absolute Gasteiger partial charge is 0.494 e. The number of aromatic nitrogens is 2. The molecule has 0 aliphatic rings. The highest BCUT2D eigenvalue weighted by Gasteiger charge is 2.07. The van der Waals surface area contributed by atoms with Gasteiger partial charge in [0.2, 0.25) is 11.6 Å². The molecule has 1 aromatic carbocycles. The Morgan fingerprint density at radius 3 is 2.58 bits per heavy atom. The maximum atomic E-state index is 11.4. The summed E-state index contributed by atoms with van der Waals surface area (Å²) in [6.45, 7) is 0. The van der Waals surface area contributed by atoms with Crippen molar-refractivity contribution in [3.8, 4) is 11.6 Å². The molecule has 0 radical (unpaired) electrons. The molecule has 19 heavy (non-hydrogen) atoms. The van der Waals surface area contributed by atoms with Crippen LogP contribution in [0.3, 0.4) is 0 Å². The van der Waals surface area contributed by atoms with Gasteiger partial charge < -0.3 is 9.84 Å². The van der Waals surface area contributed by atoms with Crippen LogP contribution in [-0.4, -0.2) is 22.2 Å². The van der Waals surface area contributed by atoms with Gasteiger partial charge in [-0.25, -0.2) is 4.79 Å².